The summed E-state index contributed by atoms with van der Waals surface area (Å²) < 4.78 is 0. The molecule has 0 spiro atoms. The molecule has 30 heavy (non-hydrogen) atoms. The molecule has 2 aromatic heterocycles. The van der Waals surface area contributed by atoms with Crippen molar-refractivity contribution in [2.75, 3.05) is 5.32 Å². The number of aromatic nitrogens is 2. The first-order valence-electron chi connectivity index (χ1n) is 9.75. The van der Waals surface area contributed by atoms with Gasteiger partial charge in [0.1, 0.15) is 11.2 Å². The van der Waals surface area contributed by atoms with Crippen LogP contribution in [-0.4, -0.2) is 26.3 Å². The molecular formula is C23H23N5OS. The van der Waals surface area contributed by atoms with Crippen molar-refractivity contribution in [3.63, 3.8) is 0 Å². The molecule has 0 aliphatic carbocycles. The van der Waals surface area contributed by atoms with E-state index in [1.165, 1.54) is 0 Å². The number of amidine groups is 1. The molecule has 0 bridgehead atoms. The standard InChI is InChI=1S/C23H23N5OS/c1-15-14-23(2,28-22(24)30-15)19-13-17(10-12-25-19)27-21(29)20-18(9-6-11-26-20)16-7-4-3-5-8-16/h3-13,15H,14H2,1-2H3,(H2,24,28)(H,25,27,29)/t15-,23+/m1/s1. The SMILES string of the molecule is C[C@@H]1C[C@@](C)(c2cc(NC(=O)c3ncccc3-c3ccccc3)ccn2)N=C(N)S1. The Kier molecular flexibility index (Phi) is 5.55. The van der Waals surface area contributed by atoms with Gasteiger partial charge in [-0.05, 0) is 37.1 Å². The van der Waals surface area contributed by atoms with E-state index in [4.69, 9.17) is 5.73 Å². The van der Waals surface area contributed by atoms with Gasteiger partial charge in [0.05, 0.1) is 5.69 Å². The van der Waals surface area contributed by atoms with E-state index in [0.29, 0.717) is 21.8 Å². The van der Waals surface area contributed by atoms with Crippen molar-refractivity contribution in [3.8, 4) is 11.1 Å². The van der Waals surface area contributed by atoms with E-state index in [1.807, 2.05) is 55.5 Å². The summed E-state index contributed by atoms with van der Waals surface area (Å²) in [5.41, 5.74) is 9.02. The molecule has 3 aromatic rings. The van der Waals surface area contributed by atoms with Crippen LogP contribution in [0.25, 0.3) is 11.1 Å². The molecule has 1 aliphatic rings. The molecular weight excluding hydrogens is 394 g/mol. The fourth-order valence-electron chi connectivity index (χ4n) is 3.71. The quantitative estimate of drug-likeness (QED) is 0.654. The Morgan fingerprint density at radius 1 is 1.13 bits per heavy atom. The second-order valence-corrected chi connectivity index (χ2v) is 8.96. The van der Waals surface area contributed by atoms with Crippen LogP contribution < -0.4 is 11.1 Å². The number of amides is 1. The molecule has 0 saturated carbocycles. The van der Waals surface area contributed by atoms with Gasteiger partial charge in [0, 0.05) is 28.9 Å². The lowest BCUT2D eigenvalue weighted by Gasteiger charge is -2.32. The van der Waals surface area contributed by atoms with Gasteiger partial charge in [-0.15, -0.1) is 0 Å². The number of thioether (sulfide) groups is 1. The fourth-order valence-corrected chi connectivity index (χ4v) is 4.79. The Balaban J connectivity index is 1.62. The maximum atomic E-state index is 13.0. The summed E-state index contributed by atoms with van der Waals surface area (Å²) >= 11 is 1.57. The first kappa shape index (κ1) is 20.1. The molecule has 1 aliphatic heterocycles. The fraction of sp³-hybridized carbons (Fsp3) is 0.217. The number of benzene rings is 1. The van der Waals surface area contributed by atoms with Crippen molar-refractivity contribution in [2.24, 2.45) is 10.7 Å². The van der Waals surface area contributed by atoms with Crippen LogP contribution in [0.2, 0.25) is 0 Å². The number of aliphatic imine (C=N–C) groups is 1. The third kappa shape index (κ3) is 4.21. The van der Waals surface area contributed by atoms with Crippen LogP contribution >= 0.6 is 11.8 Å². The summed E-state index contributed by atoms with van der Waals surface area (Å²) in [6, 6.07) is 17.1. The maximum absolute atomic E-state index is 13.0. The second-order valence-electron chi connectivity index (χ2n) is 7.51. The van der Waals surface area contributed by atoms with E-state index in [-0.39, 0.29) is 5.91 Å². The summed E-state index contributed by atoms with van der Waals surface area (Å²) in [5, 5.41) is 3.87. The van der Waals surface area contributed by atoms with E-state index >= 15 is 0 Å². The Bertz CT molecular complexity index is 1100. The van der Waals surface area contributed by atoms with Gasteiger partial charge in [0.25, 0.3) is 5.91 Å². The number of carbonyl (C=O) groups excluding carboxylic acids is 1. The van der Waals surface area contributed by atoms with Crippen LogP contribution in [-0.2, 0) is 5.54 Å². The predicted molar refractivity (Wildman–Crippen MR) is 123 cm³/mol. The second kappa shape index (κ2) is 8.28. The average molecular weight is 418 g/mol. The molecule has 3 N–H and O–H groups in total. The van der Waals surface area contributed by atoms with E-state index in [9.17, 15) is 4.79 Å². The number of pyridine rings is 2. The molecule has 0 fully saturated rings. The van der Waals surface area contributed by atoms with Gasteiger partial charge in [-0.1, -0.05) is 55.1 Å². The number of nitrogens with one attached hydrogen (secondary N) is 1. The molecule has 6 nitrogen and oxygen atoms in total. The van der Waals surface area contributed by atoms with Gasteiger partial charge in [-0.25, -0.2) is 4.99 Å². The molecule has 1 amide bonds. The van der Waals surface area contributed by atoms with Crippen molar-refractivity contribution < 1.29 is 4.79 Å². The number of carbonyl (C=O) groups is 1. The normalized spacial score (nSPS) is 21.0. The highest BCUT2D eigenvalue weighted by Crippen LogP contribution is 2.38. The molecule has 0 radical (unpaired) electrons. The maximum Gasteiger partial charge on any atom is 0.274 e. The van der Waals surface area contributed by atoms with E-state index in [0.717, 1.165) is 23.2 Å². The van der Waals surface area contributed by atoms with Gasteiger partial charge in [0.15, 0.2) is 5.17 Å². The van der Waals surface area contributed by atoms with Crippen molar-refractivity contribution in [1.29, 1.82) is 0 Å². The van der Waals surface area contributed by atoms with Crippen LogP contribution in [0.5, 0.6) is 0 Å². The molecule has 1 aromatic carbocycles. The lowest BCUT2D eigenvalue weighted by molar-refractivity contribution is 0.102. The zero-order valence-electron chi connectivity index (χ0n) is 16.9. The topological polar surface area (TPSA) is 93.3 Å². The smallest absolute Gasteiger partial charge is 0.274 e. The van der Waals surface area contributed by atoms with E-state index in [1.54, 1.807) is 30.2 Å². The number of hydrogen-bond acceptors (Lipinski definition) is 6. The Morgan fingerprint density at radius 2 is 1.93 bits per heavy atom. The zero-order valence-corrected chi connectivity index (χ0v) is 17.7. The number of rotatable bonds is 4. The Hall–Kier alpha value is -3.19. The van der Waals surface area contributed by atoms with Crippen LogP contribution in [0, 0.1) is 0 Å². The number of hydrogen-bond donors (Lipinski definition) is 2. The van der Waals surface area contributed by atoms with Crippen molar-refractivity contribution >= 4 is 28.5 Å². The number of nitrogens with zero attached hydrogens (tertiary/aromatic N) is 3. The Labute approximate surface area is 180 Å². The monoisotopic (exact) mass is 417 g/mol. The highest BCUT2D eigenvalue weighted by molar-refractivity contribution is 8.14. The molecule has 0 saturated heterocycles. The van der Waals surface area contributed by atoms with Crippen LogP contribution in [0.1, 0.15) is 36.5 Å². The van der Waals surface area contributed by atoms with Crippen molar-refractivity contribution in [2.45, 2.75) is 31.1 Å². The average Bonchev–Trinajstić information content (AvgIpc) is 2.73. The third-order valence-corrected chi connectivity index (χ3v) is 5.94. The minimum atomic E-state index is -0.518. The highest BCUT2D eigenvalue weighted by atomic mass is 32.2. The van der Waals surface area contributed by atoms with Gasteiger partial charge in [0.2, 0.25) is 0 Å². The molecule has 0 unspecified atom stereocenters. The van der Waals surface area contributed by atoms with Crippen molar-refractivity contribution in [1.82, 2.24) is 9.97 Å². The lowest BCUT2D eigenvalue weighted by atomic mass is 9.91. The summed E-state index contributed by atoms with van der Waals surface area (Å²) in [6.07, 6.45) is 4.13. The minimum Gasteiger partial charge on any atom is -0.379 e. The van der Waals surface area contributed by atoms with Crippen LogP contribution in [0.4, 0.5) is 5.69 Å². The Morgan fingerprint density at radius 3 is 2.70 bits per heavy atom. The summed E-state index contributed by atoms with van der Waals surface area (Å²) in [4.78, 5) is 26.5. The van der Waals surface area contributed by atoms with E-state index in [2.05, 4.69) is 27.2 Å². The molecule has 152 valence electrons. The van der Waals surface area contributed by atoms with Crippen LogP contribution in [0.3, 0.4) is 0 Å². The first-order chi connectivity index (χ1) is 14.4. The van der Waals surface area contributed by atoms with Gasteiger partial charge in [-0.2, -0.15) is 0 Å². The lowest BCUT2D eigenvalue weighted by Crippen LogP contribution is -2.33. The molecule has 3 heterocycles. The summed E-state index contributed by atoms with van der Waals surface area (Å²) in [5.74, 6) is -0.271. The predicted octanol–water partition coefficient (Wildman–Crippen LogP) is 4.45. The van der Waals surface area contributed by atoms with Gasteiger partial charge >= 0.3 is 0 Å². The summed E-state index contributed by atoms with van der Waals surface area (Å²) in [6.45, 7) is 4.15. The zero-order chi connectivity index (χ0) is 21.1. The summed E-state index contributed by atoms with van der Waals surface area (Å²) in [7, 11) is 0. The highest BCUT2D eigenvalue weighted by Gasteiger charge is 2.34. The van der Waals surface area contributed by atoms with Crippen molar-refractivity contribution in [3.05, 3.63) is 78.4 Å². The van der Waals surface area contributed by atoms with Crippen LogP contribution in [0.15, 0.2) is 72.0 Å². The van der Waals surface area contributed by atoms with Gasteiger partial charge in [-0.3, -0.25) is 14.8 Å². The number of nitrogens with two attached hydrogens (primary N) is 1. The number of anilines is 1. The first-order valence-corrected chi connectivity index (χ1v) is 10.6. The molecule has 2 atom stereocenters. The third-order valence-electron chi connectivity index (χ3n) is 5.04. The minimum absolute atomic E-state index is 0.271. The largest absolute Gasteiger partial charge is 0.379 e. The van der Waals surface area contributed by atoms with E-state index < -0.39 is 5.54 Å². The molecule has 7 heteroatoms. The molecule has 4 rings (SSSR count). The van der Waals surface area contributed by atoms with Gasteiger partial charge < -0.3 is 11.1 Å².